The van der Waals surface area contributed by atoms with Crippen LogP contribution >= 0.6 is 0 Å². The second-order valence-electron chi connectivity index (χ2n) is 5.76. The molecule has 1 aromatic heterocycles. The van der Waals surface area contributed by atoms with Gasteiger partial charge < -0.3 is 10.2 Å². The first-order chi connectivity index (χ1) is 9.29. The van der Waals surface area contributed by atoms with Gasteiger partial charge in [-0.15, -0.1) is 0 Å². The van der Waals surface area contributed by atoms with Gasteiger partial charge in [-0.25, -0.2) is 0 Å². The van der Waals surface area contributed by atoms with E-state index in [0.717, 1.165) is 25.6 Å². The van der Waals surface area contributed by atoms with Gasteiger partial charge in [0.2, 0.25) is 0 Å². The van der Waals surface area contributed by atoms with Crippen LogP contribution in [0.3, 0.4) is 0 Å². The molecule has 0 aliphatic heterocycles. The Morgan fingerprint density at radius 3 is 2.63 bits per heavy atom. The molecule has 1 heterocycles. The molecule has 0 aromatic carbocycles. The van der Waals surface area contributed by atoms with Crippen LogP contribution in [0.4, 0.5) is 0 Å². The molecule has 0 amide bonds. The van der Waals surface area contributed by atoms with E-state index in [1.807, 2.05) is 12.4 Å². The maximum absolute atomic E-state index is 4.08. The molecule has 19 heavy (non-hydrogen) atoms. The molecule has 106 valence electrons. The van der Waals surface area contributed by atoms with Crippen LogP contribution < -0.4 is 5.32 Å². The van der Waals surface area contributed by atoms with E-state index in [-0.39, 0.29) is 0 Å². The molecule has 1 saturated carbocycles. The third kappa shape index (κ3) is 4.59. The number of pyridine rings is 1. The normalized spacial score (nSPS) is 18.1. The average Bonchev–Trinajstić information content (AvgIpc) is 2.93. The van der Waals surface area contributed by atoms with Crippen LogP contribution in [0, 0.1) is 5.92 Å². The number of nitrogens with zero attached hydrogens (tertiary/aromatic N) is 2. The van der Waals surface area contributed by atoms with Crippen molar-refractivity contribution in [3.8, 4) is 0 Å². The molecule has 1 N–H and O–H groups in total. The van der Waals surface area contributed by atoms with Gasteiger partial charge in [-0.2, -0.15) is 0 Å². The second kappa shape index (κ2) is 7.61. The van der Waals surface area contributed by atoms with Crippen LogP contribution in [0.15, 0.2) is 24.5 Å². The molecule has 1 atom stereocenters. The fraction of sp³-hybridized carbons (Fsp3) is 0.688. The maximum Gasteiger partial charge on any atom is 0.0271 e. The van der Waals surface area contributed by atoms with E-state index in [4.69, 9.17) is 0 Å². The first kappa shape index (κ1) is 14.5. The smallest absolute Gasteiger partial charge is 0.0271 e. The minimum Gasteiger partial charge on any atom is -0.313 e. The predicted molar refractivity (Wildman–Crippen MR) is 80.0 cm³/mol. The van der Waals surface area contributed by atoms with E-state index in [1.165, 1.54) is 31.2 Å². The first-order valence-electron chi connectivity index (χ1n) is 7.60. The Balaban J connectivity index is 1.85. The Labute approximate surface area is 117 Å². The third-order valence-electron chi connectivity index (χ3n) is 4.15. The van der Waals surface area contributed by atoms with Crippen LogP contribution in [0.1, 0.15) is 38.2 Å². The molecule has 1 aromatic rings. The zero-order chi connectivity index (χ0) is 13.5. The number of likely N-dealkylation sites (N-methyl/N-ethyl adjacent to an activating group) is 2. The van der Waals surface area contributed by atoms with Crippen molar-refractivity contribution in [1.82, 2.24) is 15.2 Å². The van der Waals surface area contributed by atoms with Crippen molar-refractivity contribution < 1.29 is 0 Å². The number of rotatable bonds is 7. The van der Waals surface area contributed by atoms with Gasteiger partial charge in [-0.05, 0) is 50.0 Å². The highest BCUT2D eigenvalue weighted by molar-refractivity contribution is 5.09. The second-order valence-corrected chi connectivity index (χ2v) is 5.76. The van der Waals surface area contributed by atoms with Gasteiger partial charge in [0.1, 0.15) is 0 Å². The topological polar surface area (TPSA) is 28.2 Å². The number of nitrogens with one attached hydrogen (secondary N) is 1. The number of hydrogen-bond donors (Lipinski definition) is 1. The van der Waals surface area contributed by atoms with E-state index in [2.05, 4.69) is 41.3 Å². The SMILES string of the molecule is CCNC(CN(C)Cc1ccncc1)C1CCCC1. The van der Waals surface area contributed by atoms with Crippen LogP contribution in [-0.4, -0.2) is 36.1 Å². The molecule has 3 heteroatoms. The summed E-state index contributed by atoms with van der Waals surface area (Å²) in [6, 6.07) is 4.86. The average molecular weight is 261 g/mol. The Hall–Kier alpha value is -0.930. The van der Waals surface area contributed by atoms with Crippen LogP contribution in [0.25, 0.3) is 0 Å². The first-order valence-corrected chi connectivity index (χ1v) is 7.60. The van der Waals surface area contributed by atoms with E-state index >= 15 is 0 Å². The lowest BCUT2D eigenvalue weighted by atomic mass is 9.97. The summed E-state index contributed by atoms with van der Waals surface area (Å²) in [6.45, 7) is 5.44. The predicted octanol–water partition coefficient (Wildman–Crippen LogP) is 2.68. The fourth-order valence-electron chi connectivity index (χ4n) is 3.20. The largest absolute Gasteiger partial charge is 0.313 e. The van der Waals surface area contributed by atoms with Gasteiger partial charge in [0.25, 0.3) is 0 Å². The summed E-state index contributed by atoms with van der Waals surface area (Å²) in [7, 11) is 2.22. The molecule has 1 aliphatic carbocycles. The van der Waals surface area contributed by atoms with Gasteiger partial charge in [0, 0.05) is 31.5 Å². The van der Waals surface area contributed by atoms with Crippen molar-refractivity contribution in [2.45, 2.75) is 45.2 Å². The zero-order valence-corrected chi connectivity index (χ0v) is 12.3. The van der Waals surface area contributed by atoms with E-state index in [9.17, 15) is 0 Å². The van der Waals surface area contributed by atoms with Crippen molar-refractivity contribution in [2.24, 2.45) is 5.92 Å². The quantitative estimate of drug-likeness (QED) is 0.818. The van der Waals surface area contributed by atoms with Gasteiger partial charge >= 0.3 is 0 Å². The molecule has 3 nitrogen and oxygen atoms in total. The summed E-state index contributed by atoms with van der Waals surface area (Å²) < 4.78 is 0. The molecule has 0 saturated heterocycles. The lowest BCUT2D eigenvalue weighted by Gasteiger charge is -2.29. The summed E-state index contributed by atoms with van der Waals surface area (Å²) in [5.74, 6) is 0.875. The lowest BCUT2D eigenvalue weighted by Crippen LogP contribution is -2.43. The van der Waals surface area contributed by atoms with E-state index in [1.54, 1.807) is 0 Å². The summed E-state index contributed by atoms with van der Waals surface area (Å²) in [5, 5.41) is 3.69. The van der Waals surface area contributed by atoms with Crippen LogP contribution in [-0.2, 0) is 6.54 Å². The minimum atomic E-state index is 0.652. The van der Waals surface area contributed by atoms with Crippen molar-refractivity contribution in [3.05, 3.63) is 30.1 Å². The van der Waals surface area contributed by atoms with Crippen molar-refractivity contribution in [1.29, 1.82) is 0 Å². The van der Waals surface area contributed by atoms with Gasteiger partial charge in [-0.3, -0.25) is 4.98 Å². The minimum absolute atomic E-state index is 0.652. The van der Waals surface area contributed by atoms with E-state index in [0.29, 0.717) is 6.04 Å². The highest BCUT2D eigenvalue weighted by atomic mass is 15.1. The Morgan fingerprint density at radius 2 is 2.00 bits per heavy atom. The van der Waals surface area contributed by atoms with Gasteiger partial charge in [-0.1, -0.05) is 19.8 Å². The summed E-state index contributed by atoms with van der Waals surface area (Å²) in [5.41, 5.74) is 1.35. The van der Waals surface area contributed by atoms with Gasteiger partial charge in [0.05, 0.1) is 0 Å². The molecular weight excluding hydrogens is 234 g/mol. The third-order valence-corrected chi connectivity index (χ3v) is 4.15. The van der Waals surface area contributed by atoms with E-state index < -0.39 is 0 Å². The van der Waals surface area contributed by atoms with Crippen molar-refractivity contribution in [3.63, 3.8) is 0 Å². The maximum atomic E-state index is 4.08. The zero-order valence-electron chi connectivity index (χ0n) is 12.3. The Bertz CT molecular complexity index is 346. The Kier molecular flexibility index (Phi) is 5.80. The standard InChI is InChI=1S/C16H27N3/c1-3-18-16(15-6-4-5-7-15)13-19(2)12-14-8-10-17-11-9-14/h8-11,15-16,18H,3-7,12-13H2,1-2H3. The van der Waals surface area contributed by atoms with Gasteiger partial charge in [0.15, 0.2) is 0 Å². The molecule has 0 radical (unpaired) electrons. The molecule has 0 spiro atoms. The van der Waals surface area contributed by atoms with Crippen LogP contribution in [0.2, 0.25) is 0 Å². The number of hydrogen-bond acceptors (Lipinski definition) is 3. The summed E-state index contributed by atoms with van der Waals surface area (Å²) in [6.07, 6.45) is 9.40. The fourth-order valence-corrected chi connectivity index (χ4v) is 3.20. The Morgan fingerprint density at radius 1 is 1.32 bits per heavy atom. The molecule has 2 rings (SSSR count). The molecule has 1 fully saturated rings. The molecule has 1 unspecified atom stereocenters. The van der Waals surface area contributed by atoms with Crippen molar-refractivity contribution >= 4 is 0 Å². The molecule has 1 aliphatic rings. The summed E-state index contributed by atoms with van der Waals surface area (Å²) in [4.78, 5) is 6.51. The summed E-state index contributed by atoms with van der Waals surface area (Å²) >= 11 is 0. The van der Waals surface area contributed by atoms with Crippen molar-refractivity contribution in [2.75, 3.05) is 20.1 Å². The lowest BCUT2D eigenvalue weighted by molar-refractivity contribution is 0.237. The highest BCUT2D eigenvalue weighted by Crippen LogP contribution is 2.28. The monoisotopic (exact) mass is 261 g/mol. The molecule has 0 bridgehead atoms. The number of aromatic nitrogens is 1. The van der Waals surface area contributed by atoms with Crippen LogP contribution in [0.5, 0.6) is 0 Å². The molecular formula is C16H27N3. The highest BCUT2D eigenvalue weighted by Gasteiger charge is 2.25.